The van der Waals surface area contributed by atoms with E-state index in [9.17, 15) is 4.79 Å². The average Bonchev–Trinajstić information content (AvgIpc) is 1.68. The lowest BCUT2D eigenvalue weighted by Crippen LogP contribution is -2.25. The van der Waals surface area contributed by atoms with E-state index in [0.717, 1.165) is 100 Å². The Morgan fingerprint density at radius 1 is 0.370 bits per heavy atom. The molecule has 0 amide bonds. The van der Waals surface area contributed by atoms with E-state index >= 15 is 0 Å². The molecule has 0 aromatic heterocycles. The first-order valence-corrected chi connectivity index (χ1v) is 71.5. The Bertz CT molecular complexity index is 2760. The Hall–Kier alpha value is 5.64. The number of rotatable bonds is 78. The number of carbonyl (C=O) groups excluding carboxylic acids is 1. The minimum absolute atomic E-state index is 0.0381. The smallest absolute Gasteiger partial charge is 0.121 e. The van der Waals surface area contributed by atoms with Crippen LogP contribution >= 0.6 is 246 Å². The first kappa shape index (κ1) is 123. The van der Waals surface area contributed by atoms with Gasteiger partial charge in [-0.05, 0) is 324 Å². The number of allylic oxidation sites excluding steroid dienone is 14. The van der Waals surface area contributed by atoms with Crippen LogP contribution in [0.1, 0.15) is 423 Å². The van der Waals surface area contributed by atoms with Crippen LogP contribution in [0.25, 0.3) is 0 Å². The molecule has 1 nitrogen and oxygen atoms in total. The molecule has 696 valence electrons. The van der Waals surface area contributed by atoms with Crippen molar-refractivity contribution in [3.63, 3.8) is 0 Å². The topological polar surface area (TPSA) is 17.1 Å². The highest BCUT2D eigenvalue weighted by molar-refractivity contribution is 9.13. The molecular formula is C95H172OS23. The summed E-state index contributed by atoms with van der Waals surface area (Å²) in [5.41, 5.74) is 9.87. The molecule has 1 heterocycles. The SMILES string of the molecule is CCCCCCC(CCCCCC)SSCCC(C)(CCC=C(C)C)SSSC(CC(C)(CCC=C(C)C)SSSC(C)(CCC=C(C)C)CC1SSSC(CC(CCC=C(C)C)SSC(C)(CC=O)CCC=C(C)C)SS1)SSC=CC(C)(CCC=C(C)C)SSSC(CC(C)(S)CCC=C(C)C)SSC(CCCCCC)CCCCCC. The molecule has 119 heavy (non-hydrogen) atoms. The summed E-state index contributed by atoms with van der Waals surface area (Å²) < 4.78 is 1.98. The van der Waals surface area contributed by atoms with Gasteiger partial charge in [0.1, 0.15) is 6.29 Å². The van der Waals surface area contributed by atoms with E-state index in [1.54, 1.807) is 0 Å². The lowest BCUT2D eigenvalue weighted by Gasteiger charge is -2.35. The van der Waals surface area contributed by atoms with Crippen molar-refractivity contribution in [3.8, 4) is 0 Å². The molecule has 0 spiro atoms. The van der Waals surface area contributed by atoms with Crippen LogP contribution in [0.4, 0.5) is 0 Å². The maximum Gasteiger partial charge on any atom is 0.121 e. The zero-order chi connectivity index (χ0) is 88.7. The van der Waals surface area contributed by atoms with Crippen LogP contribution in [0, 0.1) is 0 Å². The van der Waals surface area contributed by atoms with Crippen molar-refractivity contribution in [2.45, 2.75) is 486 Å². The standard InChI is InChI=1S/C95H172OS23/c1-25-29-33-37-55-83(56-38-34-30-26-2)100-98-70-67-92(21,62-44-51-79(11)12)113-118-110-88(103-99-71-68-93(22,63-45-52-80(13)14)112-117-109-87(73-90(19,97)60-42-49-77(7)8)105-101-84(57-39-35-31-27-3)58-40-36-32-28-4)74-94(23,64-46-53-81(15)16)114-119-115-95(24,65-47-54-82(17)18)75-89-106-104-86(107-116-108-89)72-85(59-41-48-76(5)6)102-111-91(20,66-69-96)61-43-50-78(9)10/h48-54,68-69,71,83-89,97H,25-47,55-67,70,72-75H2,1-24H3. The summed E-state index contributed by atoms with van der Waals surface area (Å²) in [4.78, 5) is 12.1. The minimum Gasteiger partial charge on any atom is -0.303 e. The van der Waals surface area contributed by atoms with Crippen molar-refractivity contribution in [3.05, 3.63) is 93.0 Å². The van der Waals surface area contributed by atoms with E-state index in [-0.39, 0.29) is 28.5 Å². The van der Waals surface area contributed by atoms with E-state index in [2.05, 4.69) is 432 Å². The summed E-state index contributed by atoms with van der Waals surface area (Å²) in [7, 11) is 47.1. The molecule has 0 aromatic rings. The van der Waals surface area contributed by atoms with Gasteiger partial charge in [0.25, 0.3) is 0 Å². The van der Waals surface area contributed by atoms with Crippen LogP contribution in [-0.4, -0.2) is 74.6 Å². The molecule has 0 aromatic carbocycles. The Kier molecular flexibility index (Phi) is 78.1. The Labute approximate surface area is 831 Å². The second-order valence-electron chi connectivity index (χ2n) is 36.3. The van der Waals surface area contributed by atoms with Crippen molar-refractivity contribution in [2.75, 3.05) is 5.75 Å². The van der Waals surface area contributed by atoms with Gasteiger partial charge < -0.3 is 4.79 Å². The highest BCUT2D eigenvalue weighted by atomic mass is 33.5. The molecule has 1 aliphatic rings. The summed E-state index contributed by atoms with van der Waals surface area (Å²) in [6.07, 6.45) is 70.1. The van der Waals surface area contributed by atoms with Crippen LogP contribution < -0.4 is 0 Å². The quantitative estimate of drug-likeness (QED) is 0.0155. The summed E-state index contributed by atoms with van der Waals surface area (Å²) in [5, 5.41) is 4.54. The maximum absolute atomic E-state index is 12.1. The monoisotopic (exact) mass is 2060 g/mol. The van der Waals surface area contributed by atoms with Crippen LogP contribution in [0.5, 0.6) is 0 Å². The molecule has 0 bridgehead atoms. The van der Waals surface area contributed by atoms with Gasteiger partial charge in [-0.1, -0.05) is 419 Å². The van der Waals surface area contributed by atoms with Crippen LogP contribution in [0.15, 0.2) is 93.0 Å². The number of thiol groups is 1. The molecule has 1 saturated heterocycles. The van der Waals surface area contributed by atoms with Crippen LogP contribution in [0.3, 0.4) is 0 Å². The molecule has 0 N–H and O–H groups in total. The van der Waals surface area contributed by atoms with E-state index < -0.39 is 0 Å². The Balaban J connectivity index is 3.96. The molecule has 0 saturated carbocycles. The predicted octanol–water partition coefficient (Wildman–Crippen LogP) is 44.1. The third-order valence-corrected chi connectivity index (χ3v) is 60.8. The van der Waals surface area contributed by atoms with Gasteiger partial charge in [0.15, 0.2) is 0 Å². The number of carbonyl (C=O) groups is 1. The molecule has 1 fully saturated rings. The van der Waals surface area contributed by atoms with E-state index in [1.807, 2.05) is 21.6 Å². The maximum atomic E-state index is 12.1. The van der Waals surface area contributed by atoms with Crippen LogP contribution in [-0.2, 0) is 4.79 Å². The zero-order valence-corrected chi connectivity index (χ0v) is 98.0. The Morgan fingerprint density at radius 3 is 1.29 bits per heavy atom. The molecule has 11 atom stereocenters. The van der Waals surface area contributed by atoms with Crippen molar-refractivity contribution in [1.29, 1.82) is 0 Å². The second-order valence-corrected chi connectivity index (χ2v) is 71.3. The van der Waals surface area contributed by atoms with Crippen LogP contribution in [0.2, 0.25) is 0 Å². The zero-order valence-electron chi connectivity index (χ0n) is 79.1. The predicted molar refractivity (Wildman–Crippen MR) is 616 cm³/mol. The fraction of sp³-hybridized carbons (Fsp3) is 0.821. The summed E-state index contributed by atoms with van der Waals surface area (Å²) in [6, 6.07) is 0. The van der Waals surface area contributed by atoms with Crippen molar-refractivity contribution in [1.82, 2.24) is 0 Å². The fourth-order valence-electron chi connectivity index (χ4n) is 12.9. The molecule has 1 aliphatic heterocycles. The molecule has 11 unspecified atom stereocenters. The first-order valence-electron chi connectivity index (χ1n) is 45.5. The normalized spacial score (nSPS) is 17.8. The largest absolute Gasteiger partial charge is 0.303 e. The first-order chi connectivity index (χ1) is 56.6. The van der Waals surface area contributed by atoms with Gasteiger partial charge in [0, 0.05) is 56.4 Å². The average molecular weight is 2070 g/mol. The molecular weight excluding hydrogens is 1890 g/mol. The minimum atomic E-state index is -0.0676. The van der Waals surface area contributed by atoms with E-state index in [0.29, 0.717) is 30.0 Å². The van der Waals surface area contributed by atoms with Gasteiger partial charge >= 0.3 is 0 Å². The van der Waals surface area contributed by atoms with Gasteiger partial charge in [-0.15, -0.1) is 0 Å². The Morgan fingerprint density at radius 2 is 0.790 bits per heavy atom. The fourth-order valence-corrected chi connectivity index (χ4v) is 58.8. The highest BCUT2D eigenvalue weighted by Gasteiger charge is 2.38. The van der Waals surface area contributed by atoms with E-state index in [4.69, 9.17) is 12.6 Å². The van der Waals surface area contributed by atoms with Gasteiger partial charge in [-0.25, -0.2) is 0 Å². The highest BCUT2D eigenvalue weighted by Crippen LogP contribution is 2.64. The third-order valence-electron chi connectivity index (χ3n) is 20.7. The second kappa shape index (κ2) is 75.8. The lowest BCUT2D eigenvalue weighted by atomic mass is 10.0. The molecule has 24 heteroatoms. The molecule has 0 radical (unpaired) electrons. The van der Waals surface area contributed by atoms with Gasteiger partial charge in [0.05, 0.1) is 18.3 Å². The number of aldehydes is 1. The van der Waals surface area contributed by atoms with Gasteiger partial charge in [-0.2, -0.15) is 12.6 Å². The van der Waals surface area contributed by atoms with Gasteiger partial charge in [0.2, 0.25) is 0 Å². The summed E-state index contributed by atoms with van der Waals surface area (Å²) in [5.74, 6) is 1.21. The number of hydrogen-bond donors (Lipinski definition) is 1. The van der Waals surface area contributed by atoms with Crippen molar-refractivity contribution < 1.29 is 4.79 Å². The number of unbranched alkanes of at least 4 members (excludes halogenated alkanes) is 12. The molecule has 1 rings (SSSR count). The third kappa shape index (κ3) is 70.9. The van der Waals surface area contributed by atoms with Crippen molar-refractivity contribution in [2.24, 2.45) is 0 Å². The number of hydrogen-bond acceptors (Lipinski definition) is 24. The van der Waals surface area contributed by atoms with E-state index in [1.165, 1.54) is 212 Å². The summed E-state index contributed by atoms with van der Waals surface area (Å²) >= 11 is 5.48. The molecule has 0 aliphatic carbocycles. The summed E-state index contributed by atoms with van der Waals surface area (Å²) in [6.45, 7) is 56.1. The lowest BCUT2D eigenvalue weighted by molar-refractivity contribution is -0.108. The van der Waals surface area contributed by atoms with Gasteiger partial charge in [-0.3, -0.25) is 0 Å². The van der Waals surface area contributed by atoms with Crippen molar-refractivity contribution >= 4 is 253 Å².